The monoisotopic (exact) mass is 390 g/mol. The molecule has 0 radical (unpaired) electrons. The minimum atomic E-state index is -0.723. The Bertz CT molecular complexity index is 897. The highest BCUT2D eigenvalue weighted by Crippen LogP contribution is 2.27. The molecule has 4 heteroatoms. The van der Waals surface area contributed by atoms with E-state index in [-0.39, 0.29) is 0 Å². The Morgan fingerprint density at radius 1 is 0.690 bits per heavy atom. The van der Waals surface area contributed by atoms with Gasteiger partial charge in [-0.3, -0.25) is 0 Å². The molecule has 0 fully saturated rings. The molecule has 0 spiro atoms. The van der Waals surface area contributed by atoms with Crippen molar-refractivity contribution in [2.24, 2.45) is 0 Å². The summed E-state index contributed by atoms with van der Waals surface area (Å²) in [7, 11) is 1.28. The van der Waals surface area contributed by atoms with E-state index in [2.05, 4.69) is 48.1 Å². The Labute approximate surface area is 172 Å². The van der Waals surface area contributed by atoms with E-state index in [0.29, 0.717) is 5.75 Å². The van der Waals surface area contributed by atoms with Crippen molar-refractivity contribution in [3.05, 3.63) is 72.8 Å². The SMILES string of the molecule is CCCCCOc1ccc(-c2ccc(-c3ccc(OC(=O)OC)cc3)cc2)cc1. The molecular formula is C25H26O4. The van der Waals surface area contributed by atoms with E-state index in [0.717, 1.165) is 41.0 Å². The zero-order valence-corrected chi connectivity index (χ0v) is 16.9. The van der Waals surface area contributed by atoms with Crippen LogP contribution in [-0.2, 0) is 4.74 Å². The van der Waals surface area contributed by atoms with Crippen LogP contribution in [0, 0.1) is 0 Å². The molecule has 0 atom stereocenters. The van der Waals surface area contributed by atoms with Gasteiger partial charge in [0.25, 0.3) is 0 Å². The first-order chi connectivity index (χ1) is 14.2. The van der Waals surface area contributed by atoms with Gasteiger partial charge in [-0.25, -0.2) is 4.79 Å². The van der Waals surface area contributed by atoms with Gasteiger partial charge in [0.1, 0.15) is 11.5 Å². The molecule has 3 rings (SSSR count). The van der Waals surface area contributed by atoms with Crippen LogP contribution in [0.25, 0.3) is 22.3 Å². The van der Waals surface area contributed by atoms with Crippen LogP contribution in [0.1, 0.15) is 26.2 Å². The first-order valence-corrected chi connectivity index (χ1v) is 9.89. The number of rotatable bonds is 8. The van der Waals surface area contributed by atoms with Crippen LogP contribution >= 0.6 is 0 Å². The van der Waals surface area contributed by atoms with Crippen LogP contribution in [0.15, 0.2) is 72.8 Å². The Balaban J connectivity index is 1.63. The lowest BCUT2D eigenvalue weighted by molar-refractivity contribution is 0.121. The molecule has 3 aromatic carbocycles. The molecule has 0 saturated carbocycles. The standard InChI is InChI=1S/C25H26O4/c1-3-4-5-18-28-23-14-10-21(11-15-23)19-6-8-20(9-7-19)22-12-16-24(17-13-22)29-25(26)27-2/h6-17H,3-5,18H2,1-2H3. The van der Waals surface area contributed by atoms with E-state index in [1.54, 1.807) is 12.1 Å². The summed E-state index contributed by atoms with van der Waals surface area (Å²) in [6, 6.07) is 23.9. The number of hydrogen-bond donors (Lipinski definition) is 0. The normalized spacial score (nSPS) is 10.4. The van der Waals surface area contributed by atoms with Crippen molar-refractivity contribution in [1.82, 2.24) is 0 Å². The molecule has 0 unspecified atom stereocenters. The van der Waals surface area contributed by atoms with Crippen LogP contribution in [0.4, 0.5) is 4.79 Å². The highest BCUT2D eigenvalue weighted by molar-refractivity contribution is 5.71. The Morgan fingerprint density at radius 3 is 1.59 bits per heavy atom. The molecule has 0 saturated heterocycles. The van der Waals surface area contributed by atoms with Crippen molar-refractivity contribution in [3.63, 3.8) is 0 Å². The minimum absolute atomic E-state index is 0.453. The van der Waals surface area contributed by atoms with Gasteiger partial charge in [-0.15, -0.1) is 0 Å². The first-order valence-electron chi connectivity index (χ1n) is 9.89. The zero-order valence-electron chi connectivity index (χ0n) is 16.9. The molecule has 0 heterocycles. The summed E-state index contributed by atoms with van der Waals surface area (Å²) in [4.78, 5) is 11.2. The molecule has 0 aliphatic carbocycles. The molecule has 3 aromatic rings. The summed E-state index contributed by atoms with van der Waals surface area (Å²) in [5.74, 6) is 1.37. The topological polar surface area (TPSA) is 44.8 Å². The fourth-order valence-corrected chi connectivity index (χ4v) is 2.99. The van der Waals surface area contributed by atoms with Gasteiger partial charge in [-0.2, -0.15) is 0 Å². The maximum Gasteiger partial charge on any atom is 0.513 e. The summed E-state index contributed by atoms with van der Waals surface area (Å²) in [5, 5.41) is 0. The maximum absolute atomic E-state index is 11.2. The van der Waals surface area contributed by atoms with Crippen LogP contribution < -0.4 is 9.47 Å². The fraction of sp³-hybridized carbons (Fsp3) is 0.240. The number of benzene rings is 3. The summed E-state index contributed by atoms with van der Waals surface area (Å²) < 4.78 is 15.3. The predicted octanol–water partition coefficient (Wildman–Crippen LogP) is 6.73. The van der Waals surface area contributed by atoms with E-state index in [4.69, 9.17) is 9.47 Å². The molecule has 0 aliphatic rings. The number of carbonyl (C=O) groups excluding carboxylic acids is 1. The van der Waals surface area contributed by atoms with Crippen LogP contribution in [0.5, 0.6) is 11.5 Å². The lowest BCUT2D eigenvalue weighted by Crippen LogP contribution is -2.06. The van der Waals surface area contributed by atoms with E-state index in [9.17, 15) is 4.79 Å². The van der Waals surface area contributed by atoms with Gasteiger partial charge in [0.15, 0.2) is 0 Å². The molecule has 29 heavy (non-hydrogen) atoms. The number of methoxy groups -OCH3 is 1. The van der Waals surface area contributed by atoms with Crippen LogP contribution in [0.2, 0.25) is 0 Å². The summed E-state index contributed by atoms with van der Waals surface area (Å²) >= 11 is 0. The Hall–Kier alpha value is -3.27. The Morgan fingerprint density at radius 2 is 1.14 bits per heavy atom. The molecule has 0 N–H and O–H groups in total. The van der Waals surface area contributed by atoms with Gasteiger partial charge < -0.3 is 14.2 Å². The van der Waals surface area contributed by atoms with Crippen LogP contribution in [0.3, 0.4) is 0 Å². The largest absolute Gasteiger partial charge is 0.513 e. The predicted molar refractivity (Wildman–Crippen MR) is 115 cm³/mol. The Kier molecular flexibility index (Phi) is 7.28. The van der Waals surface area contributed by atoms with E-state index in [1.165, 1.54) is 20.0 Å². The third-order valence-electron chi connectivity index (χ3n) is 4.64. The van der Waals surface area contributed by atoms with Crippen molar-refractivity contribution in [1.29, 1.82) is 0 Å². The molecule has 4 nitrogen and oxygen atoms in total. The third-order valence-corrected chi connectivity index (χ3v) is 4.64. The molecular weight excluding hydrogens is 364 g/mol. The van der Waals surface area contributed by atoms with Gasteiger partial charge in [0.05, 0.1) is 13.7 Å². The second-order valence-corrected chi connectivity index (χ2v) is 6.74. The van der Waals surface area contributed by atoms with E-state index in [1.807, 2.05) is 24.3 Å². The minimum Gasteiger partial charge on any atom is -0.494 e. The van der Waals surface area contributed by atoms with Gasteiger partial charge in [0, 0.05) is 0 Å². The summed E-state index contributed by atoms with van der Waals surface area (Å²) in [5.41, 5.74) is 4.44. The van der Waals surface area contributed by atoms with Crippen molar-refractivity contribution in [2.45, 2.75) is 26.2 Å². The molecule has 0 amide bonds. The summed E-state index contributed by atoms with van der Waals surface area (Å²) in [6.07, 6.45) is 2.77. The van der Waals surface area contributed by atoms with Crippen molar-refractivity contribution in [2.75, 3.05) is 13.7 Å². The molecule has 0 aromatic heterocycles. The molecule has 0 aliphatic heterocycles. The van der Waals surface area contributed by atoms with Crippen molar-refractivity contribution >= 4 is 6.16 Å². The average molecular weight is 390 g/mol. The second kappa shape index (κ2) is 10.3. The van der Waals surface area contributed by atoms with Gasteiger partial charge >= 0.3 is 6.16 Å². The van der Waals surface area contributed by atoms with Gasteiger partial charge in [-0.1, -0.05) is 68.3 Å². The van der Waals surface area contributed by atoms with Crippen molar-refractivity contribution < 1.29 is 19.0 Å². The van der Waals surface area contributed by atoms with E-state index < -0.39 is 6.16 Å². The third kappa shape index (κ3) is 5.85. The lowest BCUT2D eigenvalue weighted by Gasteiger charge is -2.08. The van der Waals surface area contributed by atoms with Crippen molar-refractivity contribution in [3.8, 4) is 33.8 Å². The van der Waals surface area contributed by atoms with Gasteiger partial charge in [0.2, 0.25) is 0 Å². The second-order valence-electron chi connectivity index (χ2n) is 6.74. The average Bonchev–Trinajstić information content (AvgIpc) is 2.78. The first kappa shape index (κ1) is 20.5. The fourth-order valence-electron chi connectivity index (χ4n) is 2.99. The highest BCUT2D eigenvalue weighted by Gasteiger charge is 2.05. The van der Waals surface area contributed by atoms with Gasteiger partial charge in [-0.05, 0) is 52.9 Å². The summed E-state index contributed by atoms with van der Waals surface area (Å²) in [6.45, 7) is 2.96. The highest BCUT2D eigenvalue weighted by atomic mass is 16.7. The number of carbonyl (C=O) groups is 1. The van der Waals surface area contributed by atoms with Crippen LogP contribution in [-0.4, -0.2) is 19.9 Å². The smallest absolute Gasteiger partial charge is 0.494 e. The number of hydrogen-bond acceptors (Lipinski definition) is 4. The maximum atomic E-state index is 11.2. The quantitative estimate of drug-likeness (QED) is 0.243. The molecule has 150 valence electrons. The zero-order chi connectivity index (χ0) is 20.5. The number of ether oxygens (including phenoxy) is 3. The molecule has 0 bridgehead atoms. The lowest BCUT2D eigenvalue weighted by atomic mass is 10.0. The van der Waals surface area contributed by atoms with E-state index >= 15 is 0 Å². The number of unbranched alkanes of at least 4 members (excludes halogenated alkanes) is 2.